The molecule has 3 aromatic rings. The van der Waals surface area contributed by atoms with Gasteiger partial charge in [0.05, 0.1) is 24.3 Å². The highest BCUT2D eigenvalue weighted by atomic mass is 16.5. The van der Waals surface area contributed by atoms with E-state index in [9.17, 15) is 9.59 Å². The summed E-state index contributed by atoms with van der Waals surface area (Å²) < 4.78 is 16.6. The molecule has 0 aliphatic heterocycles. The first-order valence-electron chi connectivity index (χ1n) is 10.4. The predicted molar refractivity (Wildman–Crippen MR) is 121 cm³/mol. The highest BCUT2D eigenvalue weighted by Crippen LogP contribution is 2.30. The Morgan fingerprint density at radius 2 is 1.16 bits per heavy atom. The quantitative estimate of drug-likeness (QED) is 0.361. The van der Waals surface area contributed by atoms with Gasteiger partial charge in [0.25, 0.3) is 0 Å². The number of carbonyl (C=O) groups excluding carboxylic acids is 2. The molecule has 0 aliphatic rings. The van der Waals surface area contributed by atoms with Crippen molar-refractivity contribution in [3.63, 3.8) is 0 Å². The molecule has 0 radical (unpaired) electrons. The second-order valence-corrected chi connectivity index (χ2v) is 8.11. The molecular formula is C24H30N2O5. The van der Waals surface area contributed by atoms with Crippen molar-refractivity contribution < 1.29 is 23.5 Å². The van der Waals surface area contributed by atoms with Gasteiger partial charge in [0.1, 0.15) is 11.2 Å². The third kappa shape index (κ3) is 6.06. The Kier molecular flexibility index (Phi) is 7.65. The lowest BCUT2D eigenvalue weighted by atomic mass is 10.1. The molecule has 0 atom stereocenters. The van der Waals surface area contributed by atoms with E-state index in [1.807, 2.05) is 38.0 Å². The summed E-state index contributed by atoms with van der Waals surface area (Å²) in [5, 5.41) is 1.53. The topological polar surface area (TPSA) is 72.2 Å². The van der Waals surface area contributed by atoms with Gasteiger partial charge in [-0.2, -0.15) is 0 Å². The summed E-state index contributed by atoms with van der Waals surface area (Å²) >= 11 is 0. The monoisotopic (exact) mass is 426 g/mol. The average molecular weight is 427 g/mol. The Hall–Kier alpha value is -2.90. The number of esters is 2. The lowest BCUT2D eigenvalue weighted by molar-refractivity contribution is 0.0484. The Morgan fingerprint density at radius 3 is 1.55 bits per heavy atom. The fourth-order valence-electron chi connectivity index (χ4n) is 3.29. The van der Waals surface area contributed by atoms with Crippen LogP contribution in [-0.4, -0.2) is 76.2 Å². The lowest BCUT2D eigenvalue weighted by Crippen LogP contribution is -2.16. The van der Waals surface area contributed by atoms with E-state index in [-0.39, 0.29) is 11.9 Å². The summed E-state index contributed by atoms with van der Waals surface area (Å²) in [6, 6.07) is 10.4. The molecule has 0 unspecified atom stereocenters. The highest BCUT2D eigenvalue weighted by molar-refractivity contribution is 6.09. The van der Waals surface area contributed by atoms with Crippen molar-refractivity contribution in [1.29, 1.82) is 0 Å². The van der Waals surface area contributed by atoms with Crippen LogP contribution in [0.1, 0.15) is 33.6 Å². The van der Waals surface area contributed by atoms with Crippen LogP contribution in [-0.2, 0) is 9.47 Å². The Bertz CT molecular complexity index is 972. The largest absolute Gasteiger partial charge is 0.462 e. The summed E-state index contributed by atoms with van der Waals surface area (Å²) in [4.78, 5) is 28.9. The van der Waals surface area contributed by atoms with Crippen molar-refractivity contribution in [1.82, 2.24) is 9.80 Å². The van der Waals surface area contributed by atoms with Gasteiger partial charge in [0, 0.05) is 23.9 Å². The Morgan fingerprint density at radius 1 is 0.742 bits per heavy atom. The molecule has 2 aromatic carbocycles. The fraction of sp³-hybridized carbons (Fsp3) is 0.417. The van der Waals surface area contributed by atoms with E-state index in [2.05, 4.69) is 0 Å². The molecule has 1 heterocycles. The van der Waals surface area contributed by atoms with Crippen molar-refractivity contribution in [3.05, 3.63) is 47.5 Å². The van der Waals surface area contributed by atoms with Gasteiger partial charge < -0.3 is 23.7 Å². The molecule has 0 amide bonds. The molecule has 0 aliphatic carbocycles. The maximum atomic E-state index is 12.4. The minimum Gasteiger partial charge on any atom is -0.462 e. The van der Waals surface area contributed by atoms with Gasteiger partial charge in [0.2, 0.25) is 0 Å². The maximum absolute atomic E-state index is 12.4. The van der Waals surface area contributed by atoms with E-state index >= 15 is 0 Å². The van der Waals surface area contributed by atoms with Crippen LogP contribution >= 0.6 is 0 Å². The minimum atomic E-state index is -0.369. The first-order chi connectivity index (χ1) is 14.8. The molecule has 0 fully saturated rings. The first kappa shape index (κ1) is 22.8. The number of hydrogen-bond donors (Lipinski definition) is 0. The molecule has 31 heavy (non-hydrogen) atoms. The van der Waals surface area contributed by atoms with Crippen molar-refractivity contribution >= 4 is 33.9 Å². The van der Waals surface area contributed by atoms with Crippen molar-refractivity contribution in [2.24, 2.45) is 0 Å². The molecule has 7 heteroatoms. The van der Waals surface area contributed by atoms with Crippen LogP contribution < -0.4 is 0 Å². The lowest BCUT2D eigenvalue weighted by Gasteiger charge is -2.09. The van der Waals surface area contributed by atoms with E-state index in [0.717, 1.165) is 36.7 Å². The van der Waals surface area contributed by atoms with Gasteiger partial charge in [-0.05, 0) is 77.4 Å². The van der Waals surface area contributed by atoms with Crippen LogP contribution in [0.5, 0.6) is 0 Å². The van der Waals surface area contributed by atoms with Gasteiger partial charge in [-0.15, -0.1) is 0 Å². The third-order valence-corrected chi connectivity index (χ3v) is 4.91. The Labute approximate surface area is 182 Å². The fourth-order valence-corrected chi connectivity index (χ4v) is 3.29. The first-order valence-corrected chi connectivity index (χ1v) is 10.4. The number of hydrogen-bond acceptors (Lipinski definition) is 7. The zero-order chi connectivity index (χ0) is 22.4. The average Bonchev–Trinajstić information content (AvgIpc) is 3.10. The molecule has 0 bridgehead atoms. The smallest absolute Gasteiger partial charge is 0.338 e. The van der Waals surface area contributed by atoms with Crippen LogP contribution in [0.2, 0.25) is 0 Å². The normalized spacial score (nSPS) is 11.5. The molecule has 3 rings (SSSR count). The van der Waals surface area contributed by atoms with E-state index in [1.165, 1.54) is 0 Å². The van der Waals surface area contributed by atoms with E-state index in [0.29, 0.717) is 35.5 Å². The van der Waals surface area contributed by atoms with Crippen molar-refractivity contribution in [3.8, 4) is 0 Å². The number of benzene rings is 2. The van der Waals surface area contributed by atoms with Crippen molar-refractivity contribution in [2.45, 2.75) is 12.8 Å². The second-order valence-electron chi connectivity index (χ2n) is 8.11. The summed E-state index contributed by atoms with van der Waals surface area (Å²) in [6.07, 6.45) is 1.55. The number of carbonyl (C=O) groups is 2. The summed E-state index contributed by atoms with van der Waals surface area (Å²) in [7, 11) is 7.92. The molecule has 0 saturated heterocycles. The summed E-state index contributed by atoms with van der Waals surface area (Å²) in [5.41, 5.74) is 2.21. The zero-order valence-corrected chi connectivity index (χ0v) is 18.6. The van der Waals surface area contributed by atoms with Crippen LogP contribution in [0.25, 0.3) is 21.9 Å². The molecule has 7 nitrogen and oxygen atoms in total. The summed E-state index contributed by atoms with van der Waals surface area (Å²) in [6.45, 7) is 2.44. The molecule has 0 saturated carbocycles. The summed E-state index contributed by atoms with van der Waals surface area (Å²) in [5.74, 6) is -0.738. The molecule has 0 spiro atoms. The third-order valence-electron chi connectivity index (χ3n) is 4.91. The maximum Gasteiger partial charge on any atom is 0.338 e. The molecule has 166 valence electrons. The zero-order valence-electron chi connectivity index (χ0n) is 18.6. The van der Waals surface area contributed by atoms with Crippen LogP contribution in [0, 0.1) is 0 Å². The highest BCUT2D eigenvalue weighted by Gasteiger charge is 2.15. The van der Waals surface area contributed by atoms with Crippen LogP contribution in [0.3, 0.4) is 0 Å². The van der Waals surface area contributed by atoms with Crippen molar-refractivity contribution in [2.75, 3.05) is 54.5 Å². The number of fused-ring (bicyclic) bond motifs is 3. The van der Waals surface area contributed by atoms with E-state index < -0.39 is 0 Å². The van der Waals surface area contributed by atoms with Crippen LogP contribution in [0.4, 0.5) is 0 Å². The number of ether oxygens (including phenoxy) is 2. The number of nitrogens with zero attached hydrogens (tertiary/aromatic N) is 2. The van der Waals surface area contributed by atoms with E-state index in [1.54, 1.807) is 36.4 Å². The van der Waals surface area contributed by atoms with Gasteiger partial charge in [0.15, 0.2) is 0 Å². The standard InChI is InChI=1S/C24H30N2O5/c1-25(2)11-5-13-29-23(27)17-7-9-21-19(15-17)20-16-18(8-10-22(20)31-21)24(28)30-14-6-12-26(3)4/h7-10,15-16H,5-6,11-14H2,1-4H3. The van der Waals surface area contributed by atoms with Gasteiger partial charge in [-0.1, -0.05) is 0 Å². The predicted octanol–water partition coefficient (Wildman–Crippen LogP) is 3.80. The number of furan rings is 1. The Balaban J connectivity index is 1.74. The van der Waals surface area contributed by atoms with Crippen LogP contribution in [0.15, 0.2) is 40.8 Å². The second kappa shape index (κ2) is 10.4. The molecule has 0 N–H and O–H groups in total. The number of rotatable bonds is 10. The SMILES string of the molecule is CN(C)CCCOC(=O)c1ccc2oc3ccc(C(=O)OCCCN(C)C)cc3c2c1. The van der Waals surface area contributed by atoms with Gasteiger partial charge in [-0.25, -0.2) is 9.59 Å². The molecule has 1 aromatic heterocycles. The molecular weight excluding hydrogens is 396 g/mol. The van der Waals surface area contributed by atoms with Gasteiger partial charge >= 0.3 is 11.9 Å². The van der Waals surface area contributed by atoms with Gasteiger partial charge in [-0.3, -0.25) is 0 Å². The minimum absolute atomic E-state index is 0.366. The van der Waals surface area contributed by atoms with E-state index in [4.69, 9.17) is 13.9 Å².